The zero-order valence-electron chi connectivity index (χ0n) is 13.8. The minimum Gasteiger partial charge on any atom is -0.340 e. The highest BCUT2D eigenvalue weighted by molar-refractivity contribution is 9.11. The van der Waals surface area contributed by atoms with Gasteiger partial charge in [0, 0.05) is 29.9 Å². The zero-order valence-corrected chi connectivity index (χ0v) is 17.8. The monoisotopic (exact) mass is 462 g/mol. The fraction of sp³-hybridized carbons (Fsp3) is 0.438. The summed E-state index contributed by atoms with van der Waals surface area (Å²) in [5.41, 5.74) is 0. The lowest BCUT2D eigenvalue weighted by Gasteiger charge is -2.15. The van der Waals surface area contributed by atoms with Crippen LogP contribution < -0.4 is 0 Å². The number of carbonyl (C=O) groups is 1. The Hall–Kier alpha value is -0.740. The first-order valence-corrected chi connectivity index (χ1v) is 11.8. The molecule has 1 amide bonds. The van der Waals surface area contributed by atoms with Gasteiger partial charge in [0.2, 0.25) is 5.91 Å². The number of rotatable bonds is 6. The van der Waals surface area contributed by atoms with Gasteiger partial charge in [0.05, 0.1) is 16.8 Å². The SMILES string of the molecule is CN(Cc1ccc(Br)s1)C(=O)Cc1ccc(S(=O)(=O)N2CCCC2)s1. The van der Waals surface area contributed by atoms with E-state index < -0.39 is 10.0 Å². The third-order valence-corrected chi connectivity index (χ3v) is 9.13. The van der Waals surface area contributed by atoms with Gasteiger partial charge in [-0.3, -0.25) is 4.79 Å². The van der Waals surface area contributed by atoms with E-state index in [9.17, 15) is 13.2 Å². The average molecular weight is 463 g/mol. The molecule has 0 N–H and O–H groups in total. The van der Waals surface area contributed by atoms with Crippen LogP contribution >= 0.6 is 38.6 Å². The van der Waals surface area contributed by atoms with Crippen molar-refractivity contribution in [1.82, 2.24) is 9.21 Å². The molecule has 3 heterocycles. The molecule has 0 aliphatic carbocycles. The molecule has 5 nitrogen and oxygen atoms in total. The van der Waals surface area contributed by atoms with Gasteiger partial charge in [-0.25, -0.2) is 8.42 Å². The van der Waals surface area contributed by atoms with Gasteiger partial charge in [0.15, 0.2) is 0 Å². The molecule has 0 spiro atoms. The van der Waals surface area contributed by atoms with Gasteiger partial charge in [-0.2, -0.15) is 4.31 Å². The molecule has 2 aromatic heterocycles. The third kappa shape index (κ3) is 4.51. The van der Waals surface area contributed by atoms with Crippen LogP contribution in [0, 0.1) is 0 Å². The molecule has 0 bridgehead atoms. The van der Waals surface area contributed by atoms with Crippen molar-refractivity contribution in [3.05, 3.63) is 37.8 Å². The fourth-order valence-corrected chi connectivity index (χ4v) is 7.25. The first-order valence-electron chi connectivity index (χ1n) is 7.93. The Kier molecular flexibility index (Phi) is 5.99. The topological polar surface area (TPSA) is 57.7 Å². The number of hydrogen-bond donors (Lipinski definition) is 0. The molecule has 1 fully saturated rings. The standard InChI is InChI=1S/C16H19BrN2O3S3/c1-18(11-13-4-6-14(17)23-13)15(20)10-12-5-7-16(24-12)25(21,22)19-8-2-3-9-19/h4-7H,2-3,8-11H2,1H3. The highest BCUT2D eigenvalue weighted by Crippen LogP contribution is 2.28. The summed E-state index contributed by atoms with van der Waals surface area (Å²) in [6.45, 7) is 1.74. The van der Waals surface area contributed by atoms with Crippen molar-refractivity contribution >= 4 is 54.5 Å². The number of hydrogen-bond acceptors (Lipinski definition) is 5. The Bertz CT molecular complexity index is 854. The predicted octanol–water partition coefficient (Wildman–Crippen LogP) is 3.56. The molecule has 0 radical (unpaired) electrons. The summed E-state index contributed by atoms with van der Waals surface area (Å²) in [4.78, 5) is 16.0. The Morgan fingerprint density at radius 1 is 1.16 bits per heavy atom. The molecule has 25 heavy (non-hydrogen) atoms. The van der Waals surface area contributed by atoms with Crippen LogP contribution in [0.4, 0.5) is 0 Å². The first-order chi connectivity index (χ1) is 11.9. The van der Waals surface area contributed by atoms with Gasteiger partial charge < -0.3 is 4.90 Å². The van der Waals surface area contributed by atoms with Gasteiger partial charge >= 0.3 is 0 Å². The molecule has 1 aliphatic rings. The van der Waals surface area contributed by atoms with E-state index in [2.05, 4.69) is 15.9 Å². The van der Waals surface area contributed by atoms with Crippen molar-refractivity contribution < 1.29 is 13.2 Å². The van der Waals surface area contributed by atoms with Crippen molar-refractivity contribution in [3.8, 4) is 0 Å². The van der Waals surface area contributed by atoms with E-state index in [0.29, 0.717) is 23.8 Å². The minimum absolute atomic E-state index is 0.0171. The Morgan fingerprint density at radius 3 is 2.48 bits per heavy atom. The van der Waals surface area contributed by atoms with Crippen molar-refractivity contribution in [2.24, 2.45) is 0 Å². The largest absolute Gasteiger partial charge is 0.340 e. The summed E-state index contributed by atoms with van der Waals surface area (Å²) in [7, 11) is -1.63. The Labute approximate surface area is 164 Å². The molecule has 0 unspecified atom stereocenters. The van der Waals surface area contributed by atoms with Crippen LogP contribution in [0.1, 0.15) is 22.6 Å². The lowest BCUT2D eigenvalue weighted by atomic mass is 10.3. The van der Waals surface area contributed by atoms with E-state index in [1.807, 2.05) is 12.1 Å². The summed E-state index contributed by atoms with van der Waals surface area (Å²) in [5, 5.41) is 0. The second-order valence-corrected chi connectivity index (χ2v) is 11.8. The first kappa shape index (κ1) is 19.0. The maximum atomic E-state index is 12.5. The molecule has 9 heteroatoms. The Morgan fingerprint density at radius 2 is 1.84 bits per heavy atom. The smallest absolute Gasteiger partial charge is 0.252 e. The normalized spacial score (nSPS) is 15.6. The quantitative estimate of drug-likeness (QED) is 0.659. The average Bonchev–Trinajstić information content (AvgIpc) is 3.28. The lowest BCUT2D eigenvalue weighted by molar-refractivity contribution is -0.129. The van der Waals surface area contributed by atoms with Crippen molar-refractivity contribution in [2.75, 3.05) is 20.1 Å². The van der Waals surface area contributed by atoms with Gasteiger partial charge in [-0.15, -0.1) is 22.7 Å². The second kappa shape index (κ2) is 7.87. The number of thiophene rings is 2. The molecule has 2 aromatic rings. The van der Waals surface area contributed by atoms with E-state index in [1.165, 1.54) is 15.6 Å². The molecule has 0 atom stereocenters. The van der Waals surface area contributed by atoms with Crippen LogP contribution in [-0.2, 0) is 27.8 Å². The summed E-state index contributed by atoms with van der Waals surface area (Å²) < 4.78 is 28.0. The predicted molar refractivity (Wildman–Crippen MR) is 105 cm³/mol. The minimum atomic E-state index is -3.40. The summed E-state index contributed by atoms with van der Waals surface area (Å²) >= 11 is 6.22. The number of sulfonamides is 1. The van der Waals surface area contributed by atoms with Gasteiger partial charge in [-0.1, -0.05) is 0 Å². The third-order valence-electron chi connectivity index (χ3n) is 4.07. The Balaban J connectivity index is 1.63. The number of halogens is 1. The van der Waals surface area contributed by atoms with Crippen molar-refractivity contribution in [2.45, 2.75) is 30.0 Å². The van der Waals surface area contributed by atoms with E-state index in [0.717, 1.165) is 26.4 Å². The van der Waals surface area contributed by atoms with Crippen LogP contribution in [0.5, 0.6) is 0 Å². The molecular formula is C16H19BrN2O3S3. The van der Waals surface area contributed by atoms with E-state index in [4.69, 9.17) is 0 Å². The molecule has 136 valence electrons. The van der Waals surface area contributed by atoms with E-state index in [1.54, 1.807) is 35.4 Å². The van der Waals surface area contributed by atoms with Gasteiger partial charge in [-0.05, 0) is 53.0 Å². The molecule has 1 saturated heterocycles. The van der Waals surface area contributed by atoms with Crippen LogP contribution in [0.25, 0.3) is 0 Å². The number of nitrogens with zero attached hydrogens (tertiary/aromatic N) is 2. The zero-order chi connectivity index (χ0) is 18.0. The summed E-state index contributed by atoms with van der Waals surface area (Å²) in [5.74, 6) is -0.0171. The summed E-state index contributed by atoms with van der Waals surface area (Å²) in [6, 6.07) is 7.33. The molecule has 0 saturated carbocycles. The molecule has 3 rings (SSSR count). The van der Waals surface area contributed by atoms with Crippen LogP contribution in [0.2, 0.25) is 0 Å². The van der Waals surface area contributed by atoms with Gasteiger partial charge in [0.1, 0.15) is 4.21 Å². The van der Waals surface area contributed by atoms with E-state index in [-0.39, 0.29) is 12.3 Å². The lowest BCUT2D eigenvalue weighted by Crippen LogP contribution is -2.27. The van der Waals surface area contributed by atoms with Crippen molar-refractivity contribution in [3.63, 3.8) is 0 Å². The van der Waals surface area contributed by atoms with Crippen LogP contribution in [0.3, 0.4) is 0 Å². The summed E-state index contributed by atoms with van der Waals surface area (Å²) in [6.07, 6.45) is 2.06. The number of carbonyl (C=O) groups excluding carboxylic acids is 1. The van der Waals surface area contributed by atoms with Gasteiger partial charge in [0.25, 0.3) is 10.0 Å². The molecular weight excluding hydrogens is 444 g/mol. The number of amides is 1. The maximum absolute atomic E-state index is 12.5. The highest BCUT2D eigenvalue weighted by atomic mass is 79.9. The number of likely N-dealkylation sites (N-methyl/N-ethyl adjacent to an activating group) is 1. The maximum Gasteiger partial charge on any atom is 0.252 e. The highest BCUT2D eigenvalue weighted by Gasteiger charge is 2.28. The molecule has 0 aromatic carbocycles. The fourth-order valence-electron chi connectivity index (χ4n) is 2.69. The van der Waals surface area contributed by atoms with E-state index >= 15 is 0 Å². The molecule has 1 aliphatic heterocycles. The van der Waals surface area contributed by atoms with Crippen LogP contribution in [-0.4, -0.2) is 43.7 Å². The van der Waals surface area contributed by atoms with Crippen LogP contribution in [0.15, 0.2) is 32.3 Å². The van der Waals surface area contributed by atoms with Crippen molar-refractivity contribution in [1.29, 1.82) is 0 Å². The second-order valence-electron chi connectivity index (χ2n) is 5.96.